The fourth-order valence-corrected chi connectivity index (χ4v) is 3.90. The number of hydrogen-bond donors (Lipinski definition) is 1. The van der Waals surface area contributed by atoms with Crippen LogP contribution in [0.5, 0.6) is 0 Å². The van der Waals surface area contributed by atoms with Crippen molar-refractivity contribution in [2.45, 2.75) is 6.04 Å². The number of hydrogen-bond acceptors (Lipinski definition) is 5. The number of benzene rings is 2. The number of aromatic nitrogens is 1. The van der Waals surface area contributed by atoms with E-state index in [1.165, 1.54) is 10.4 Å². The quantitative estimate of drug-likeness (QED) is 0.752. The SMILES string of the molecule is CN1C(N)=NC(c2cc(-c3cc(-c4ccccc4)on3)ccc2F)CS1=O. The summed E-state index contributed by atoms with van der Waals surface area (Å²) in [6, 6.07) is 15.4. The molecule has 0 amide bonds. The highest BCUT2D eigenvalue weighted by atomic mass is 32.2. The van der Waals surface area contributed by atoms with Crippen molar-refractivity contribution in [3.8, 4) is 22.6 Å². The number of aliphatic imine (C=N–C) groups is 1. The van der Waals surface area contributed by atoms with Gasteiger partial charge >= 0.3 is 0 Å². The van der Waals surface area contributed by atoms with Crippen molar-refractivity contribution in [3.63, 3.8) is 0 Å². The molecule has 2 N–H and O–H groups in total. The van der Waals surface area contributed by atoms with Gasteiger partial charge in [-0.25, -0.2) is 13.6 Å². The van der Waals surface area contributed by atoms with Crippen LogP contribution in [0.15, 0.2) is 64.1 Å². The molecule has 0 radical (unpaired) electrons. The van der Waals surface area contributed by atoms with E-state index in [2.05, 4.69) is 10.1 Å². The molecular weight excluding hydrogens is 367 g/mol. The molecule has 1 aliphatic rings. The predicted octanol–water partition coefficient (Wildman–Crippen LogP) is 3.11. The Bertz CT molecular complexity index is 1040. The molecule has 1 aromatic heterocycles. The molecule has 0 fully saturated rings. The highest BCUT2D eigenvalue weighted by Gasteiger charge is 2.27. The van der Waals surface area contributed by atoms with E-state index in [0.29, 0.717) is 22.6 Å². The summed E-state index contributed by atoms with van der Waals surface area (Å²) in [5, 5.41) is 4.09. The van der Waals surface area contributed by atoms with Crippen LogP contribution in [0.3, 0.4) is 0 Å². The highest BCUT2D eigenvalue weighted by molar-refractivity contribution is 7.83. The van der Waals surface area contributed by atoms with E-state index in [-0.39, 0.29) is 11.7 Å². The first-order valence-corrected chi connectivity index (χ1v) is 9.58. The van der Waals surface area contributed by atoms with E-state index >= 15 is 0 Å². The van der Waals surface area contributed by atoms with Crippen LogP contribution in [0.1, 0.15) is 11.6 Å². The van der Waals surface area contributed by atoms with Gasteiger partial charge in [0.15, 0.2) is 5.76 Å². The second-order valence-electron chi connectivity index (χ2n) is 6.17. The lowest BCUT2D eigenvalue weighted by Crippen LogP contribution is -2.41. The maximum Gasteiger partial charge on any atom is 0.203 e. The summed E-state index contributed by atoms with van der Waals surface area (Å²) in [7, 11) is 0.247. The molecule has 0 bridgehead atoms. The smallest absolute Gasteiger partial charge is 0.203 e. The molecule has 2 heterocycles. The lowest BCUT2D eigenvalue weighted by atomic mass is 10.0. The van der Waals surface area contributed by atoms with Crippen molar-refractivity contribution in [2.75, 3.05) is 12.8 Å². The fourth-order valence-electron chi connectivity index (χ4n) is 2.90. The van der Waals surface area contributed by atoms with E-state index in [0.717, 1.165) is 5.56 Å². The summed E-state index contributed by atoms with van der Waals surface area (Å²) in [6.45, 7) is 0. The number of nitrogens with zero attached hydrogens (tertiary/aromatic N) is 3. The molecule has 138 valence electrons. The lowest BCUT2D eigenvalue weighted by molar-refractivity contribution is 0.435. The van der Waals surface area contributed by atoms with Gasteiger partial charge in [0.1, 0.15) is 22.5 Å². The Hall–Kier alpha value is -3.00. The minimum Gasteiger partial charge on any atom is -0.369 e. The minimum absolute atomic E-state index is 0.127. The minimum atomic E-state index is -1.35. The van der Waals surface area contributed by atoms with Gasteiger partial charge in [0, 0.05) is 29.8 Å². The molecule has 27 heavy (non-hydrogen) atoms. The van der Waals surface area contributed by atoms with Crippen LogP contribution in [0.4, 0.5) is 4.39 Å². The van der Waals surface area contributed by atoms with Gasteiger partial charge in [0.25, 0.3) is 0 Å². The van der Waals surface area contributed by atoms with Crippen molar-refractivity contribution in [1.29, 1.82) is 0 Å². The van der Waals surface area contributed by atoms with Crippen LogP contribution in [0.25, 0.3) is 22.6 Å². The van der Waals surface area contributed by atoms with E-state index < -0.39 is 22.8 Å². The third-order valence-corrected chi connectivity index (χ3v) is 5.83. The number of halogens is 1. The third kappa shape index (κ3) is 3.35. The summed E-state index contributed by atoms with van der Waals surface area (Å²) in [6.07, 6.45) is 0. The van der Waals surface area contributed by atoms with Crippen molar-refractivity contribution >= 4 is 16.9 Å². The normalized spacial score (nSPS) is 19.8. The van der Waals surface area contributed by atoms with Crippen LogP contribution in [-0.2, 0) is 11.0 Å². The number of rotatable bonds is 3. The first-order valence-electron chi connectivity index (χ1n) is 8.30. The van der Waals surface area contributed by atoms with Gasteiger partial charge in [0.05, 0.1) is 11.8 Å². The largest absolute Gasteiger partial charge is 0.369 e. The van der Waals surface area contributed by atoms with E-state index in [9.17, 15) is 8.60 Å². The average molecular weight is 384 g/mol. The Morgan fingerprint density at radius 2 is 1.96 bits per heavy atom. The molecule has 2 atom stereocenters. The van der Waals surface area contributed by atoms with E-state index in [1.807, 2.05) is 30.3 Å². The van der Waals surface area contributed by atoms with Gasteiger partial charge < -0.3 is 10.3 Å². The average Bonchev–Trinajstić information content (AvgIpc) is 3.17. The van der Waals surface area contributed by atoms with Crippen molar-refractivity contribution < 1.29 is 13.1 Å². The third-order valence-electron chi connectivity index (χ3n) is 4.44. The van der Waals surface area contributed by atoms with Crippen molar-refractivity contribution in [1.82, 2.24) is 9.46 Å². The summed E-state index contributed by atoms with van der Waals surface area (Å²) < 4.78 is 33.4. The summed E-state index contributed by atoms with van der Waals surface area (Å²) in [4.78, 5) is 4.28. The molecule has 0 saturated heterocycles. The van der Waals surface area contributed by atoms with Gasteiger partial charge in [-0.1, -0.05) is 35.5 Å². The first-order chi connectivity index (χ1) is 13.0. The van der Waals surface area contributed by atoms with Crippen LogP contribution in [0, 0.1) is 5.82 Å². The van der Waals surface area contributed by atoms with Gasteiger partial charge in [-0.3, -0.25) is 4.31 Å². The highest BCUT2D eigenvalue weighted by Crippen LogP contribution is 2.31. The summed E-state index contributed by atoms with van der Waals surface area (Å²) in [5.74, 6) is 0.501. The Labute approximate surface area is 158 Å². The predicted molar refractivity (Wildman–Crippen MR) is 102 cm³/mol. The fraction of sp³-hybridized carbons (Fsp3) is 0.158. The number of nitrogens with two attached hydrogens (primary N) is 1. The standard InChI is InChI=1S/C19H17FN4O2S/c1-24-19(21)22-17(11-27(24)25)14-9-13(7-8-15(14)20)16-10-18(26-23-16)12-5-3-2-4-6-12/h2-10,17H,11H2,1H3,(H2,21,22). The van der Waals surface area contributed by atoms with Gasteiger partial charge in [-0.2, -0.15) is 0 Å². The van der Waals surface area contributed by atoms with Crippen molar-refractivity contribution in [3.05, 3.63) is 66.0 Å². The van der Waals surface area contributed by atoms with Crippen molar-refractivity contribution in [2.24, 2.45) is 10.7 Å². The van der Waals surface area contributed by atoms with Gasteiger partial charge in [0.2, 0.25) is 5.96 Å². The number of guanidine groups is 1. The van der Waals surface area contributed by atoms with Crippen LogP contribution in [-0.4, -0.2) is 32.4 Å². The molecule has 2 unspecified atom stereocenters. The van der Waals surface area contributed by atoms with Gasteiger partial charge in [-0.15, -0.1) is 0 Å². The Morgan fingerprint density at radius 1 is 1.19 bits per heavy atom. The van der Waals surface area contributed by atoms with Crippen LogP contribution in [0.2, 0.25) is 0 Å². The summed E-state index contributed by atoms with van der Waals surface area (Å²) in [5.41, 5.74) is 8.31. The topological polar surface area (TPSA) is 84.7 Å². The molecule has 0 spiro atoms. The van der Waals surface area contributed by atoms with Crippen LogP contribution < -0.4 is 5.73 Å². The second-order valence-corrected chi connectivity index (χ2v) is 7.69. The Balaban J connectivity index is 1.70. The van der Waals surface area contributed by atoms with E-state index in [4.69, 9.17) is 10.3 Å². The Kier molecular flexibility index (Phi) is 4.49. The zero-order valence-electron chi connectivity index (χ0n) is 14.5. The van der Waals surface area contributed by atoms with Crippen LogP contribution >= 0.6 is 0 Å². The van der Waals surface area contributed by atoms with Gasteiger partial charge in [-0.05, 0) is 18.2 Å². The maximum absolute atomic E-state index is 14.4. The molecule has 1 aliphatic heterocycles. The zero-order chi connectivity index (χ0) is 19.0. The molecule has 0 aliphatic carbocycles. The van der Waals surface area contributed by atoms with E-state index in [1.54, 1.807) is 25.2 Å². The molecule has 3 aromatic rings. The molecule has 0 saturated carbocycles. The maximum atomic E-state index is 14.4. The summed E-state index contributed by atoms with van der Waals surface area (Å²) >= 11 is 0. The zero-order valence-corrected chi connectivity index (χ0v) is 15.3. The molecule has 2 aromatic carbocycles. The molecular formula is C19H17FN4O2S. The lowest BCUT2D eigenvalue weighted by Gasteiger charge is -2.26. The molecule has 6 nitrogen and oxygen atoms in total. The Morgan fingerprint density at radius 3 is 2.70 bits per heavy atom. The molecule has 4 rings (SSSR count). The molecule has 8 heteroatoms. The second kappa shape index (κ2) is 6.96. The first kappa shape index (κ1) is 17.4. The monoisotopic (exact) mass is 384 g/mol.